The Hall–Kier alpha value is -3.20. The monoisotopic (exact) mass is 415 g/mol. The summed E-state index contributed by atoms with van der Waals surface area (Å²) in [4.78, 5) is 31.8. The van der Waals surface area contributed by atoms with E-state index in [0.717, 1.165) is 5.69 Å². The van der Waals surface area contributed by atoms with Gasteiger partial charge in [0.25, 0.3) is 0 Å². The molecule has 160 valence electrons. The lowest BCUT2D eigenvalue weighted by molar-refractivity contribution is 0.0615. The summed E-state index contributed by atoms with van der Waals surface area (Å²) in [5.41, 5.74) is 1.93. The van der Waals surface area contributed by atoms with Crippen molar-refractivity contribution in [3.63, 3.8) is 0 Å². The second kappa shape index (κ2) is 9.53. The predicted octanol–water partition coefficient (Wildman–Crippen LogP) is 3.45. The molecule has 1 atom stereocenters. The minimum Gasteiger partial charge on any atom is -0.453 e. The summed E-state index contributed by atoms with van der Waals surface area (Å²) in [6.07, 6.45) is 1.19. The highest BCUT2D eigenvalue weighted by atomic mass is 19.1. The van der Waals surface area contributed by atoms with Crippen LogP contribution in [0, 0.1) is 12.7 Å². The Labute approximate surface area is 175 Å². The standard InChI is InChI=1S/C21H26FN5O3/c1-14-7-8-17(11-23-14)24-20(28)25-18-6-4-5-16(19(18)22)13-26-9-10-27(12-15(26)2)21(29)30-3/h4-8,11,15H,9-10,12-13H2,1-3H3,(H2,24,25,28)/t15-/m0/s1. The van der Waals surface area contributed by atoms with Gasteiger partial charge in [-0.2, -0.15) is 0 Å². The average molecular weight is 415 g/mol. The number of amides is 3. The molecule has 0 unspecified atom stereocenters. The fourth-order valence-electron chi connectivity index (χ4n) is 3.37. The van der Waals surface area contributed by atoms with Gasteiger partial charge in [0.15, 0.2) is 5.82 Å². The molecule has 30 heavy (non-hydrogen) atoms. The van der Waals surface area contributed by atoms with Gasteiger partial charge < -0.3 is 20.3 Å². The van der Waals surface area contributed by atoms with Gasteiger partial charge in [0, 0.05) is 43.5 Å². The van der Waals surface area contributed by atoms with Crippen molar-refractivity contribution >= 4 is 23.5 Å². The second-order valence-corrected chi connectivity index (χ2v) is 7.28. The van der Waals surface area contributed by atoms with Crippen LogP contribution in [0.25, 0.3) is 0 Å². The molecular weight excluding hydrogens is 389 g/mol. The predicted molar refractivity (Wildman–Crippen MR) is 112 cm³/mol. The smallest absolute Gasteiger partial charge is 0.409 e. The summed E-state index contributed by atoms with van der Waals surface area (Å²) in [5, 5.41) is 5.19. The summed E-state index contributed by atoms with van der Waals surface area (Å²) < 4.78 is 19.8. The van der Waals surface area contributed by atoms with E-state index in [1.165, 1.54) is 19.4 Å². The fraction of sp³-hybridized carbons (Fsp3) is 0.381. The van der Waals surface area contributed by atoms with Crippen LogP contribution in [0.3, 0.4) is 0 Å². The summed E-state index contributed by atoms with van der Waals surface area (Å²) in [6.45, 7) is 5.84. The number of methoxy groups -OCH3 is 1. The number of pyridine rings is 1. The number of benzene rings is 1. The number of carbonyl (C=O) groups excluding carboxylic acids is 2. The molecule has 9 heteroatoms. The Kier molecular flexibility index (Phi) is 6.83. The molecule has 8 nitrogen and oxygen atoms in total. The number of hydrogen-bond acceptors (Lipinski definition) is 5. The first kappa shape index (κ1) is 21.5. The Morgan fingerprint density at radius 3 is 2.70 bits per heavy atom. The van der Waals surface area contributed by atoms with Gasteiger partial charge in [-0.15, -0.1) is 0 Å². The Balaban J connectivity index is 1.62. The number of ether oxygens (including phenoxy) is 1. The van der Waals surface area contributed by atoms with E-state index in [-0.39, 0.29) is 17.8 Å². The van der Waals surface area contributed by atoms with Crippen LogP contribution < -0.4 is 10.6 Å². The molecule has 0 bridgehead atoms. The Morgan fingerprint density at radius 1 is 1.23 bits per heavy atom. The normalized spacial score (nSPS) is 16.8. The number of anilines is 2. The third-order valence-corrected chi connectivity index (χ3v) is 5.07. The first-order valence-electron chi connectivity index (χ1n) is 9.72. The molecule has 1 fully saturated rings. The van der Waals surface area contributed by atoms with Gasteiger partial charge >= 0.3 is 12.1 Å². The van der Waals surface area contributed by atoms with Crippen molar-refractivity contribution in [2.45, 2.75) is 26.4 Å². The van der Waals surface area contributed by atoms with Crippen LogP contribution in [0.4, 0.5) is 25.4 Å². The van der Waals surface area contributed by atoms with Crippen LogP contribution in [-0.2, 0) is 11.3 Å². The zero-order chi connectivity index (χ0) is 21.7. The second-order valence-electron chi connectivity index (χ2n) is 7.28. The van der Waals surface area contributed by atoms with E-state index < -0.39 is 11.8 Å². The lowest BCUT2D eigenvalue weighted by atomic mass is 10.1. The number of halogens is 1. The molecule has 3 rings (SSSR count). The van der Waals surface area contributed by atoms with Crippen LogP contribution in [0.1, 0.15) is 18.2 Å². The number of piperazine rings is 1. The number of rotatable bonds is 4. The van der Waals surface area contributed by atoms with Crippen LogP contribution in [0.2, 0.25) is 0 Å². The molecule has 1 aromatic heterocycles. The molecule has 3 amide bonds. The highest BCUT2D eigenvalue weighted by molar-refractivity contribution is 5.99. The maximum absolute atomic E-state index is 15.0. The van der Waals surface area contributed by atoms with E-state index in [0.29, 0.717) is 37.4 Å². The number of nitrogens with one attached hydrogen (secondary N) is 2. The zero-order valence-corrected chi connectivity index (χ0v) is 17.3. The topological polar surface area (TPSA) is 86.8 Å². The highest BCUT2D eigenvalue weighted by Gasteiger charge is 2.28. The van der Waals surface area contributed by atoms with E-state index in [1.807, 2.05) is 13.8 Å². The molecule has 1 saturated heterocycles. The van der Waals surface area contributed by atoms with Gasteiger partial charge in [0.1, 0.15) is 0 Å². The zero-order valence-electron chi connectivity index (χ0n) is 17.3. The van der Waals surface area contributed by atoms with Gasteiger partial charge in [0.05, 0.1) is 24.7 Å². The number of nitrogens with zero attached hydrogens (tertiary/aromatic N) is 3. The summed E-state index contributed by atoms with van der Waals surface area (Å²) >= 11 is 0. The minimum atomic E-state index is -0.545. The maximum atomic E-state index is 15.0. The number of hydrogen-bond donors (Lipinski definition) is 2. The van der Waals surface area contributed by atoms with E-state index in [1.54, 1.807) is 29.2 Å². The van der Waals surface area contributed by atoms with Crippen LogP contribution in [0.15, 0.2) is 36.5 Å². The summed E-state index contributed by atoms with van der Waals surface area (Å²) in [7, 11) is 1.36. The molecular formula is C21H26FN5O3. The molecule has 2 aromatic rings. The maximum Gasteiger partial charge on any atom is 0.409 e. The third-order valence-electron chi connectivity index (χ3n) is 5.07. The molecule has 1 aliphatic rings. The van der Waals surface area contributed by atoms with E-state index in [9.17, 15) is 9.59 Å². The van der Waals surface area contributed by atoms with Gasteiger partial charge in [-0.3, -0.25) is 9.88 Å². The molecule has 1 aromatic carbocycles. The Bertz CT molecular complexity index is 906. The molecule has 0 radical (unpaired) electrons. The minimum absolute atomic E-state index is 0.0474. The van der Waals surface area contributed by atoms with E-state index in [4.69, 9.17) is 4.74 Å². The first-order valence-corrected chi connectivity index (χ1v) is 9.72. The number of urea groups is 1. The van der Waals surface area contributed by atoms with Gasteiger partial charge in [-0.25, -0.2) is 14.0 Å². The lowest BCUT2D eigenvalue weighted by Crippen LogP contribution is -2.53. The average Bonchev–Trinajstić information content (AvgIpc) is 2.73. The van der Waals surface area contributed by atoms with Crippen LogP contribution in [-0.4, -0.2) is 59.7 Å². The van der Waals surface area contributed by atoms with Crippen molar-refractivity contribution in [2.24, 2.45) is 0 Å². The van der Waals surface area contributed by atoms with Crippen molar-refractivity contribution in [1.29, 1.82) is 0 Å². The van der Waals surface area contributed by atoms with Crippen LogP contribution in [0.5, 0.6) is 0 Å². The van der Waals surface area contributed by atoms with E-state index in [2.05, 4.69) is 20.5 Å². The number of aryl methyl sites for hydroxylation is 1. The van der Waals surface area contributed by atoms with Crippen molar-refractivity contribution in [1.82, 2.24) is 14.8 Å². The molecule has 2 N–H and O–H groups in total. The third kappa shape index (κ3) is 5.24. The number of carbonyl (C=O) groups is 2. The summed E-state index contributed by atoms with van der Waals surface area (Å²) in [5.74, 6) is -0.475. The molecule has 0 saturated carbocycles. The van der Waals surface area contributed by atoms with Crippen LogP contribution >= 0.6 is 0 Å². The molecule has 0 spiro atoms. The SMILES string of the molecule is COC(=O)N1CCN(Cc2cccc(NC(=O)Nc3ccc(C)nc3)c2F)[C@@H](C)C1. The number of aromatic nitrogens is 1. The van der Waals surface area contributed by atoms with Crippen molar-refractivity contribution in [2.75, 3.05) is 37.4 Å². The Morgan fingerprint density at radius 2 is 2.03 bits per heavy atom. The van der Waals surface area contributed by atoms with Gasteiger partial charge in [-0.1, -0.05) is 12.1 Å². The van der Waals surface area contributed by atoms with Gasteiger partial charge in [0.2, 0.25) is 0 Å². The van der Waals surface area contributed by atoms with E-state index >= 15 is 4.39 Å². The quantitative estimate of drug-likeness (QED) is 0.799. The highest BCUT2D eigenvalue weighted by Crippen LogP contribution is 2.22. The van der Waals surface area contributed by atoms with Gasteiger partial charge in [-0.05, 0) is 32.0 Å². The molecule has 2 heterocycles. The fourth-order valence-corrected chi connectivity index (χ4v) is 3.37. The first-order chi connectivity index (χ1) is 14.4. The molecule has 0 aliphatic carbocycles. The largest absolute Gasteiger partial charge is 0.453 e. The van der Waals surface area contributed by atoms with Crippen molar-refractivity contribution < 1.29 is 18.7 Å². The lowest BCUT2D eigenvalue weighted by Gasteiger charge is -2.39. The molecule has 1 aliphatic heterocycles. The summed E-state index contributed by atoms with van der Waals surface area (Å²) in [6, 6.07) is 7.92. The van der Waals surface area contributed by atoms with Crippen molar-refractivity contribution in [3.05, 3.63) is 53.6 Å². The van der Waals surface area contributed by atoms with Crippen molar-refractivity contribution in [3.8, 4) is 0 Å².